The zero-order valence-electron chi connectivity index (χ0n) is 14.6. The first-order valence-electron chi connectivity index (χ1n) is 8.41. The van der Waals surface area contributed by atoms with Crippen molar-refractivity contribution >= 4 is 0 Å². The molecule has 4 rings (SSSR count). The number of nitrogens with one attached hydrogen (secondary N) is 3. The Bertz CT molecular complexity index is 982. The fraction of sp³-hybridized carbons (Fsp3) is 0.222. The van der Waals surface area contributed by atoms with Crippen LogP contribution in [0.25, 0.3) is 22.6 Å². The summed E-state index contributed by atoms with van der Waals surface area (Å²) >= 11 is 0. The van der Waals surface area contributed by atoms with Crippen molar-refractivity contribution in [3.63, 3.8) is 0 Å². The molecule has 3 heterocycles. The average molecular weight is 392 g/mol. The fourth-order valence-corrected chi connectivity index (χ4v) is 3.25. The van der Waals surface area contributed by atoms with Gasteiger partial charge in [-0.25, -0.2) is 20.2 Å². The first-order chi connectivity index (χ1) is 13.3. The Morgan fingerprint density at radius 3 is 2.50 bits per heavy atom. The molecule has 6 nitrogen and oxygen atoms in total. The van der Waals surface area contributed by atoms with Gasteiger partial charge in [0.2, 0.25) is 0 Å². The molecule has 2 atom stereocenters. The summed E-state index contributed by atoms with van der Waals surface area (Å²) in [6.45, 7) is 0. The van der Waals surface area contributed by atoms with Crippen LogP contribution in [-0.2, 0) is 7.05 Å². The molecular formula is C18H16F4N6. The number of alkyl halides is 3. The van der Waals surface area contributed by atoms with Crippen LogP contribution in [-0.4, -0.2) is 26.8 Å². The summed E-state index contributed by atoms with van der Waals surface area (Å²) in [6, 6.07) is 6.18. The van der Waals surface area contributed by atoms with Crippen LogP contribution in [0.2, 0.25) is 0 Å². The first kappa shape index (κ1) is 18.5. The fourth-order valence-electron chi connectivity index (χ4n) is 3.25. The van der Waals surface area contributed by atoms with Gasteiger partial charge in [0.05, 0.1) is 23.8 Å². The van der Waals surface area contributed by atoms with Crippen LogP contribution < -0.4 is 16.4 Å². The molecule has 1 aliphatic heterocycles. The van der Waals surface area contributed by atoms with Crippen LogP contribution in [0, 0.1) is 5.82 Å². The van der Waals surface area contributed by atoms with E-state index in [9.17, 15) is 17.6 Å². The van der Waals surface area contributed by atoms with Crippen LogP contribution >= 0.6 is 0 Å². The highest BCUT2D eigenvalue weighted by molar-refractivity contribution is 5.77. The second-order valence-corrected chi connectivity index (χ2v) is 6.44. The largest absolute Gasteiger partial charge is 0.407 e. The monoisotopic (exact) mass is 392 g/mol. The number of hydrogen-bond donors (Lipinski definition) is 3. The third kappa shape index (κ3) is 3.37. The lowest BCUT2D eigenvalue weighted by molar-refractivity contribution is -0.156. The van der Waals surface area contributed by atoms with Gasteiger partial charge in [-0.2, -0.15) is 18.7 Å². The van der Waals surface area contributed by atoms with Gasteiger partial charge in [-0.1, -0.05) is 0 Å². The van der Waals surface area contributed by atoms with Gasteiger partial charge in [-0.05, 0) is 42.0 Å². The molecule has 1 aliphatic rings. The van der Waals surface area contributed by atoms with Gasteiger partial charge in [0.1, 0.15) is 17.6 Å². The Morgan fingerprint density at radius 2 is 1.79 bits per heavy atom. The number of rotatable bonds is 3. The molecule has 0 bridgehead atoms. The smallest absolute Gasteiger partial charge is 0.333 e. The Morgan fingerprint density at radius 1 is 1.04 bits per heavy atom. The number of aryl methyl sites for hydroxylation is 1. The van der Waals surface area contributed by atoms with Gasteiger partial charge in [0.25, 0.3) is 0 Å². The number of imidazole rings is 1. The van der Waals surface area contributed by atoms with E-state index in [1.165, 1.54) is 24.4 Å². The standard InChI is InChI=1S/C18H16F4N6/c1-28-9-24-15(16(28)10-2-4-12(19)5-3-10)13-8-11(6-7-23-13)14-17(18(20,21)22)26-27-25-14/h2-9,14,17,25-27H,1H3. The zero-order chi connectivity index (χ0) is 19.9. The molecule has 0 spiro atoms. The lowest BCUT2D eigenvalue weighted by atomic mass is 9.99. The van der Waals surface area contributed by atoms with Gasteiger partial charge < -0.3 is 4.57 Å². The third-order valence-electron chi connectivity index (χ3n) is 4.58. The number of pyridine rings is 1. The number of halogens is 4. The summed E-state index contributed by atoms with van der Waals surface area (Å²) in [4.78, 5) is 8.64. The van der Waals surface area contributed by atoms with Crippen LogP contribution in [0.1, 0.15) is 11.6 Å². The van der Waals surface area contributed by atoms with E-state index in [1.807, 2.05) is 0 Å². The van der Waals surface area contributed by atoms with E-state index in [1.54, 1.807) is 36.1 Å². The maximum absolute atomic E-state index is 13.3. The summed E-state index contributed by atoms with van der Waals surface area (Å²) in [5, 5.41) is 0. The van der Waals surface area contributed by atoms with Crippen molar-refractivity contribution in [2.24, 2.45) is 7.05 Å². The van der Waals surface area contributed by atoms with Gasteiger partial charge in [0.15, 0.2) is 0 Å². The Hall–Kier alpha value is -2.82. The van der Waals surface area contributed by atoms with Crippen molar-refractivity contribution in [2.45, 2.75) is 18.3 Å². The Labute approximate surface area is 157 Å². The number of benzene rings is 1. The SMILES string of the molecule is Cn1cnc(-c2cc(C3NNNC3C(F)(F)F)ccn2)c1-c1ccc(F)cc1. The molecule has 1 aromatic carbocycles. The average Bonchev–Trinajstić information content (AvgIpc) is 3.29. The van der Waals surface area contributed by atoms with Crippen LogP contribution in [0.3, 0.4) is 0 Å². The Kier molecular flexibility index (Phi) is 4.61. The van der Waals surface area contributed by atoms with E-state index in [0.717, 1.165) is 5.56 Å². The number of hydrazine groups is 2. The molecule has 146 valence electrons. The minimum atomic E-state index is -4.44. The molecule has 10 heteroatoms. The van der Waals surface area contributed by atoms with Crippen LogP contribution in [0.4, 0.5) is 17.6 Å². The third-order valence-corrected chi connectivity index (χ3v) is 4.58. The predicted octanol–water partition coefficient (Wildman–Crippen LogP) is 2.87. The summed E-state index contributed by atoms with van der Waals surface area (Å²) in [7, 11) is 1.78. The van der Waals surface area contributed by atoms with E-state index in [0.29, 0.717) is 22.6 Å². The highest BCUT2D eigenvalue weighted by Crippen LogP contribution is 2.34. The summed E-state index contributed by atoms with van der Waals surface area (Å²) in [6.07, 6.45) is -1.41. The van der Waals surface area contributed by atoms with Crippen molar-refractivity contribution < 1.29 is 17.6 Å². The minimum absolute atomic E-state index is 0.363. The second kappa shape index (κ2) is 6.97. The molecule has 0 radical (unpaired) electrons. The van der Waals surface area contributed by atoms with E-state index in [2.05, 4.69) is 26.4 Å². The predicted molar refractivity (Wildman–Crippen MR) is 93.8 cm³/mol. The molecule has 2 aromatic heterocycles. The van der Waals surface area contributed by atoms with E-state index < -0.39 is 18.3 Å². The van der Waals surface area contributed by atoms with E-state index >= 15 is 0 Å². The molecule has 0 amide bonds. The number of hydrogen-bond acceptors (Lipinski definition) is 5. The summed E-state index contributed by atoms with van der Waals surface area (Å²) in [5.74, 6) is -0.363. The normalized spacial score (nSPS) is 19.9. The quantitative estimate of drug-likeness (QED) is 0.599. The van der Waals surface area contributed by atoms with E-state index in [4.69, 9.17) is 0 Å². The summed E-state index contributed by atoms with van der Waals surface area (Å²) < 4.78 is 54.7. The molecule has 0 saturated carbocycles. The highest BCUT2D eigenvalue weighted by atomic mass is 19.4. The molecule has 28 heavy (non-hydrogen) atoms. The second-order valence-electron chi connectivity index (χ2n) is 6.44. The molecule has 3 N–H and O–H groups in total. The van der Waals surface area contributed by atoms with Crippen molar-refractivity contribution in [1.29, 1.82) is 0 Å². The highest BCUT2D eigenvalue weighted by Gasteiger charge is 2.48. The van der Waals surface area contributed by atoms with Gasteiger partial charge in [-0.3, -0.25) is 4.98 Å². The topological polar surface area (TPSA) is 66.8 Å². The number of nitrogens with zero attached hydrogens (tertiary/aromatic N) is 3. The molecular weight excluding hydrogens is 376 g/mol. The van der Waals surface area contributed by atoms with E-state index in [-0.39, 0.29) is 5.82 Å². The maximum Gasteiger partial charge on any atom is 0.407 e. The first-order valence-corrected chi connectivity index (χ1v) is 8.41. The summed E-state index contributed by atoms with van der Waals surface area (Å²) in [5.41, 5.74) is 9.85. The lowest BCUT2D eigenvalue weighted by Crippen LogP contribution is -2.43. The van der Waals surface area contributed by atoms with Crippen LogP contribution in [0.15, 0.2) is 48.9 Å². The van der Waals surface area contributed by atoms with Gasteiger partial charge >= 0.3 is 6.18 Å². The van der Waals surface area contributed by atoms with Crippen molar-refractivity contribution in [3.05, 3.63) is 60.3 Å². The molecule has 2 unspecified atom stereocenters. The Balaban J connectivity index is 1.74. The van der Waals surface area contributed by atoms with Crippen LogP contribution in [0.5, 0.6) is 0 Å². The van der Waals surface area contributed by atoms with Gasteiger partial charge in [0, 0.05) is 18.8 Å². The van der Waals surface area contributed by atoms with Gasteiger partial charge in [-0.15, -0.1) is 0 Å². The molecule has 0 aliphatic carbocycles. The van der Waals surface area contributed by atoms with Crippen molar-refractivity contribution in [1.82, 2.24) is 30.9 Å². The maximum atomic E-state index is 13.3. The van der Waals surface area contributed by atoms with Crippen molar-refractivity contribution in [3.8, 4) is 22.6 Å². The molecule has 1 saturated heterocycles. The minimum Gasteiger partial charge on any atom is -0.333 e. The zero-order valence-corrected chi connectivity index (χ0v) is 14.6. The lowest BCUT2D eigenvalue weighted by Gasteiger charge is -2.21. The molecule has 3 aromatic rings. The molecule has 1 fully saturated rings. The van der Waals surface area contributed by atoms with Crippen molar-refractivity contribution in [2.75, 3.05) is 0 Å². The number of aromatic nitrogens is 3.